The average molecular weight is 383 g/mol. The van der Waals surface area contributed by atoms with Gasteiger partial charge in [0.05, 0.1) is 11.6 Å². The molecule has 28 heavy (non-hydrogen) atoms. The summed E-state index contributed by atoms with van der Waals surface area (Å²) in [4.78, 5) is 26.0. The van der Waals surface area contributed by atoms with Crippen molar-refractivity contribution in [3.63, 3.8) is 0 Å². The molecular weight excluding hydrogens is 352 g/mol. The van der Waals surface area contributed by atoms with Crippen LogP contribution >= 0.6 is 0 Å². The first kappa shape index (κ1) is 20.2. The van der Waals surface area contributed by atoms with E-state index in [1.54, 1.807) is 0 Å². The summed E-state index contributed by atoms with van der Waals surface area (Å²) in [5, 5.41) is 8.93. The number of likely N-dealkylation sites (tertiary alicyclic amines) is 1. The first-order valence-corrected chi connectivity index (χ1v) is 10.1. The molecule has 1 aliphatic heterocycles. The van der Waals surface area contributed by atoms with Crippen LogP contribution in [0.5, 0.6) is 0 Å². The predicted molar refractivity (Wildman–Crippen MR) is 110 cm³/mol. The van der Waals surface area contributed by atoms with Crippen LogP contribution in [-0.4, -0.2) is 39.5 Å². The van der Waals surface area contributed by atoms with Crippen molar-refractivity contribution in [3.8, 4) is 0 Å². The quantitative estimate of drug-likeness (QED) is 0.804. The van der Waals surface area contributed by atoms with Crippen LogP contribution in [0.4, 0.5) is 0 Å². The maximum Gasteiger partial charge on any atom is 0.303 e. The number of rotatable bonds is 6. The van der Waals surface area contributed by atoms with Gasteiger partial charge in [0.2, 0.25) is 0 Å². The molecule has 0 spiro atoms. The lowest BCUT2D eigenvalue weighted by atomic mass is 9.93. The molecule has 0 saturated carbocycles. The van der Waals surface area contributed by atoms with E-state index in [2.05, 4.69) is 30.5 Å². The number of benzene rings is 1. The standard InChI is InChI=1S/C23H30N2O3/c1-16-14-21(18(3)25(16)17(2)20-9-5-4-6-10-20)23(28)24-13-7-8-19(15-24)11-12-22(26)27/h4-6,9-10,14,17,19H,7-8,11-13,15H2,1-3H3,(H,26,27). The Morgan fingerprint density at radius 2 is 1.93 bits per heavy atom. The van der Waals surface area contributed by atoms with Gasteiger partial charge in [0, 0.05) is 30.9 Å². The second kappa shape index (κ2) is 8.63. The number of nitrogens with zero attached hydrogens (tertiary/aromatic N) is 2. The second-order valence-corrected chi connectivity index (χ2v) is 7.93. The highest BCUT2D eigenvalue weighted by Gasteiger charge is 2.28. The molecule has 2 atom stereocenters. The topological polar surface area (TPSA) is 62.5 Å². The van der Waals surface area contributed by atoms with Gasteiger partial charge in [-0.1, -0.05) is 30.3 Å². The second-order valence-electron chi connectivity index (χ2n) is 7.93. The minimum atomic E-state index is -0.762. The molecule has 0 radical (unpaired) electrons. The fourth-order valence-corrected chi connectivity index (χ4v) is 4.45. The van der Waals surface area contributed by atoms with Crippen LogP contribution in [0.1, 0.15) is 66.0 Å². The molecular formula is C23H30N2O3. The maximum atomic E-state index is 13.2. The Bertz CT molecular complexity index is 841. The zero-order valence-corrected chi connectivity index (χ0v) is 17.0. The van der Waals surface area contributed by atoms with Crippen LogP contribution in [0.2, 0.25) is 0 Å². The zero-order valence-electron chi connectivity index (χ0n) is 17.0. The third-order valence-electron chi connectivity index (χ3n) is 5.96. The van der Waals surface area contributed by atoms with Gasteiger partial charge in [-0.2, -0.15) is 0 Å². The Labute approximate surface area is 167 Å². The smallest absolute Gasteiger partial charge is 0.303 e. The van der Waals surface area contributed by atoms with Crippen LogP contribution in [0, 0.1) is 19.8 Å². The molecule has 1 aromatic heterocycles. The number of hydrogen-bond acceptors (Lipinski definition) is 2. The van der Waals surface area contributed by atoms with Crippen molar-refractivity contribution < 1.29 is 14.7 Å². The highest BCUT2D eigenvalue weighted by molar-refractivity contribution is 5.95. The molecule has 1 fully saturated rings. The van der Waals surface area contributed by atoms with Crippen LogP contribution < -0.4 is 0 Å². The minimum Gasteiger partial charge on any atom is -0.481 e. The Balaban J connectivity index is 1.78. The number of aromatic nitrogens is 1. The first-order valence-electron chi connectivity index (χ1n) is 10.1. The molecule has 1 N–H and O–H groups in total. The molecule has 1 amide bonds. The molecule has 1 saturated heterocycles. The first-order chi connectivity index (χ1) is 13.4. The average Bonchev–Trinajstić information content (AvgIpc) is 3.00. The lowest BCUT2D eigenvalue weighted by molar-refractivity contribution is -0.137. The third kappa shape index (κ3) is 4.29. The largest absolute Gasteiger partial charge is 0.481 e. The Morgan fingerprint density at radius 3 is 2.61 bits per heavy atom. The fraction of sp³-hybridized carbons (Fsp3) is 0.478. The normalized spacial score (nSPS) is 18.1. The van der Waals surface area contributed by atoms with Gasteiger partial charge in [0.1, 0.15) is 0 Å². The van der Waals surface area contributed by atoms with E-state index in [4.69, 9.17) is 5.11 Å². The number of hydrogen-bond donors (Lipinski definition) is 1. The number of aliphatic carboxylic acids is 1. The van der Waals surface area contributed by atoms with Crippen molar-refractivity contribution in [1.29, 1.82) is 0 Å². The molecule has 150 valence electrons. The van der Waals surface area contributed by atoms with E-state index < -0.39 is 5.97 Å². The molecule has 3 rings (SSSR count). The number of amides is 1. The molecule has 0 bridgehead atoms. The molecule has 2 aromatic rings. The van der Waals surface area contributed by atoms with E-state index in [9.17, 15) is 9.59 Å². The van der Waals surface area contributed by atoms with Gasteiger partial charge in [0.15, 0.2) is 0 Å². The van der Waals surface area contributed by atoms with Crippen molar-refractivity contribution in [2.24, 2.45) is 5.92 Å². The lowest BCUT2D eigenvalue weighted by Gasteiger charge is -2.32. The number of piperidine rings is 1. The van der Waals surface area contributed by atoms with Crippen molar-refractivity contribution in [2.75, 3.05) is 13.1 Å². The Kier molecular flexibility index (Phi) is 6.22. The number of carboxylic acid groups (broad SMARTS) is 1. The lowest BCUT2D eigenvalue weighted by Crippen LogP contribution is -2.40. The van der Waals surface area contributed by atoms with Crippen LogP contribution in [0.25, 0.3) is 0 Å². The van der Waals surface area contributed by atoms with Crippen LogP contribution in [0.15, 0.2) is 36.4 Å². The van der Waals surface area contributed by atoms with Gasteiger partial charge in [-0.15, -0.1) is 0 Å². The SMILES string of the molecule is Cc1cc(C(=O)N2CCCC(CCC(=O)O)C2)c(C)n1C(C)c1ccccc1. The molecule has 2 unspecified atom stereocenters. The van der Waals surface area contributed by atoms with Crippen molar-refractivity contribution in [1.82, 2.24) is 9.47 Å². The van der Waals surface area contributed by atoms with Crippen molar-refractivity contribution >= 4 is 11.9 Å². The summed E-state index contributed by atoms with van der Waals surface area (Å²) in [5.74, 6) is -0.415. The summed E-state index contributed by atoms with van der Waals surface area (Å²) >= 11 is 0. The highest BCUT2D eigenvalue weighted by atomic mass is 16.4. The Hall–Kier alpha value is -2.56. The van der Waals surface area contributed by atoms with Crippen molar-refractivity contribution in [2.45, 2.75) is 52.5 Å². The molecule has 0 aliphatic carbocycles. The zero-order chi connectivity index (χ0) is 20.3. The summed E-state index contributed by atoms with van der Waals surface area (Å²) in [6.45, 7) is 7.64. The number of carbonyl (C=O) groups excluding carboxylic acids is 1. The monoisotopic (exact) mass is 382 g/mol. The summed E-state index contributed by atoms with van der Waals surface area (Å²) in [5.41, 5.74) is 4.05. The van der Waals surface area contributed by atoms with Gasteiger partial charge in [-0.25, -0.2) is 0 Å². The Morgan fingerprint density at radius 1 is 1.21 bits per heavy atom. The predicted octanol–water partition coefficient (Wildman–Crippen LogP) is 4.43. The van der Waals surface area contributed by atoms with E-state index in [0.717, 1.165) is 36.3 Å². The van der Waals surface area contributed by atoms with Crippen LogP contribution in [-0.2, 0) is 4.79 Å². The fourth-order valence-electron chi connectivity index (χ4n) is 4.45. The highest BCUT2D eigenvalue weighted by Crippen LogP contribution is 2.28. The van der Waals surface area contributed by atoms with Gasteiger partial charge >= 0.3 is 5.97 Å². The summed E-state index contributed by atoms with van der Waals surface area (Å²) < 4.78 is 2.23. The van der Waals surface area contributed by atoms with E-state index in [0.29, 0.717) is 13.0 Å². The number of carbonyl (C=O) groups is 2. The van der Waals surface area contributed by atoms with Gasteiger partial charge in [-0.3, -0.25) is 9.59 Å². The van der Waals surface area contributed by atoms with E-state index >= 15 is 0 Å². The van der Waals surface area contributed by atoms with E-state index in [-0.39, 0.29) is 24.3 Å². The maximum absolute atomic E-state index is 13.2. The molecule has 2 heterocycles. The van der Waals surface area contributed by atoms with E-state index in [1.165, 1.54) is 5.56 Å². The van der Waals surface area contributed by atoms with Crippen molar-refractivity contribution in [3.05, 3.63) is 58.9 Å². The number of carboxylic acids is 1. The van der Waals surface area contributed by atoms with Gasteiger partial charge in [0.25, 0.3) is 5.91 Å². The minimum absolute atomic E-state index is 0.0691. The van der Waals surface area contributed by atoms with Gasteiger partial charge in [-0.05, 0) is 57.6 Å². The third-order valence-corrected chi connectivity index (χ3v) is 5.96. The molecule has 5 nitrogen and oxygen atoms in total. The summed E-state index contributed by atoms with van der Waals surface area (Å²) in [6, 6.07) is 12.5. The molecule has 1 aliphatic rings. The molecule has 1 aromatic carbocycles. The van der Waals surface area contributed by atoms with E-state index in [1.807, 2.05) is 36.1 Å². The molecule has 5 heteroatoms. The number of aryl methyl sites for hydroxylation is 1. The van der Waals surface area contributed by atoms with Crippen LogP contribution in [0.3, 0.4) is 0 Å². The summed E-state index contributed by atoms with van der Waals surface area (Å²) in [7, 11) is 0. The summed E-state index contributed by atoms with van der Waals surface area (Å²) in [6.07, 6.45) is 2.76. The van der Waals surface area contributed by atoms with Gasteiger partial charge < -0.3 is 14.6 Å².